The maximum absolute atomic E-state index is 11.4. The first kappa shape index (κ1) is 19.1. The highest BCUT2D eigenvalue weighted by Gasteiger charge is 2.33. The van der Waals surface area contributed by atoms with Gasteiger partial charge in [-0.15, -0.1) is 16.4 Å². The molecule has 3 heterocycles. The molecule has 0 N–H and O–H groups in total. The van der Waals surface area contributed by atoms with E-state index in [0.29, 0.717) is 22.7 Å². The van der Waals surface area contributed by atoms with Crippen LogP contribution in [0.15, 0.2) is 30.6 Å². The molecule has 1 aromatic carbocycles. The van der Waals surface area contributed by atoms with Gasteiger partial charge in [0.1, 0.15) is 11.2 Å². The van der Waals surface area contributed by atoms with Gasteiger partial charge in [-0.25, -0.2) is 14.5 Å². The molecule has 154 valence electrons. The molecular weight excluding hydrogens is 398 g/mol. The summed E-state index contributed by atoms with van der Waals surface area (Å²) in [5.41, 5.74) is 2.82. The first-order chi connectivity index (χ1) is 14.4. The Kier molecular flexibility index (Phi) is 4.36. The molecule has 7 nitrogen and oxygen atoms in total. The SMILES string of the molecule is CCC(C)(C)C1CCc2c(sc3ncn4nc(-c5ccccc5[N+](=O)[O-])nc4c23)C1. The Morgan fingerprint density at radius 2 is 2.13 bits per heavy atom. The third-order valence-corrected chi connectivity index (χ3v) is 7.91. The molecule has 1 unspecified atom stereocenters. The van der Waals surface area contributed by atoms with E-state index in [1.807, 2.05) is 0 Å². The van der Waals surface area contributed by atoms with Gasteiger partial charge >= 0.3 is 0 Å². The lowest BCUT2D eigenvalue weighted by atomic mass is 9.70. The van der Waals surface area contributed by atoms with E-state index < -0.39 is 4.92 Å². The fraction of sp³-hybridized carbons (Fsp3) is 0.409. The molecule has 30 heavy (non-hydrogen) atoms. The van der Waals surface area contributed by atoms with Gasteiger partial charge in [0.05, 0.1) is 15.9 Å². The van der Waals surface area contributed by atoms with E-state index in [2.05, 4.69) is 30.9 Å². The van der Waals surface area contributed by atoms with Crippen molar-refractivity contribution in [2.24, 2.45) is 11.3 Å². The number of thiophene rings is 1. The topological polar surface area (TPSA) is 86.2 Å². The molecule has 1 aliphatic carbocycles. The van der Waals surface area contributed by atoms with Gasteiger partial charge in [0.15, 0.2) is 11.5 Å². The predicted molar refractivity (Wildman–Crippen MR) is 118 cm³/mol. The average molecular weight is 422 g/mol. The highest BCUT2D eigenvalue weighted by molar-refractivity contribution is 7.19. The summed E-state index contributed by atoms with van der Waals surface area (Å²) >= 11 is 1.76. The molecule has 0 saturated heterocycles. The van der Waals surface area contributed by atoms with E-state index in [9.17, 15) is 10.1 Å². The van der Waals surface area contributed by atoms with E-state index in [4.69, 9.17) is 4.98 Å². The largest absolute Gasteiger partial charge is 0.280 e. The molecule has 0 radical (unpaired) electrons. The Bertz CT molecular complexity index is 1290. The van der Waals surface area contributed by atoms with Crippen molar-refractivity contribution in [2.45, 2.75) is 46.5 Å². The van der Waals surface area contributed by atoms with Gasteiger partial charge in [-0.1, -0.05) is 39.3 Å². The molecule has 4 aromatic rings. The number of benzene rings is 1. The van der Waals surface area contributed by atoms with E-state index in [0.717, 1.165) is 35.1 Å². The van der Waals surface area contributed by atoms with Crippen molar-refractivity contribution >= 4 is 32.9 Å². The molecule has 0 fully saturated rings. The summed E-state index contributed by atoms with van der Waals surface area (Å²) in [6, 6.07) is 6.60. The normalized spacial score (nSPS) is 16.8. The molecule has 0 saturated carbocycles. The summed E-state index contributed by atoms with van der Waals surface area (Å²) in [5, 5.41) is 17.0. The molecule has 1 aliphatic rings. The number of nitro groups is 1. The molecule has 0 bridgehead atoms. The maximum Gasteiger partial charge on any atom is 0.280 e. The lowest BCUT2D eigenvalue weighted by molar-refractivity contribution is -0.384. The summed E-state index contributed by atoms with van der Waals surface area (Å²) in [6.45, 7) is 7.00. The second-order valence-corrected chi connectivity index (χ2v) is 9.77. The van der Waals surface area contributed by atoms with Gasteiger partial charge in [-0.2, -0.15) is 0 Å². The number of hydrogen-bond donors (Lipinski definition) is 0. The Morgan fingerprint density at radius 1 is 1.33 bits per heavy atom. The first-order valence-corrected chi connectivity index (χ1v) is 11.1. The zero-order valence-corrected chi connectivity index (χ0v) is 18.1. The third-order valence-electron chi connectivity index (χ3n) is 6.74. The number of rotatable bonds is 4. The van der Waals surface area contributed by atoms with E-state index in [1.54, 1.807) is 40.4 Å². The minimum absolute atomic E-state index is 0.00888. The second kappa shape index (κ2) is 6.84. The van der Waals surface area contributed by atoms with E-state index >= 15 is 0 Å². The smallest absolute Gasteiger partial charge is 0.258 e. The number of para-hydroxylation sites is 1. The van der Waals surface area contributed by atoms with Crippen molar-refractivity contribution in [3.05, 3.63) is 51.1 Å². The minimum Gasteiger partial charge on any atom is -0.258 e. The van der Waals surface area contributed by atoms with Crippen LogP contribution in [0.2, 0.25) is 0 Å². The van der Waals surface area contributed by atoms with Crippen molar-refractivity contribution in [1.29, 1.82) is 0 Å². The Morgan fingerprint density at radius 3 is 2.90 bits per heavy atom. The van der Waals surface area contributed by atoms with Crippen molar-refractivity contribution in [3.63, 3.8) is 0 Å². The fourth-order valence-corrected chi connectivity index (χ4v) is 5.73. The Labute approximate surface area is 177 Å². The van der Waals surface area contributed by atoms with Gasteiger partial charge in [0.25, 0.3) is 5.69 Å². The highest BCUT2D eigenvalue weighted by atomic mass is 32.1. The van der Waals surface area contributed by atoms with Crippen LogP contribution < -0.4 is 0 Å². The number of hydrogen-bond acceptors (Lipinski definition) is 6. The van der Waals surface area contributed by atoms with Gasteiger partial charge in [0.2, 0.25) is 0 Å². The van der Waals surface area contributed by atoms with Crippen LogP contribution in [-0.2, 0) is 12.8 Å². The number of aryl methyl sites for hydroxylation is 1. The van der Waals surface area contributed by atoms with Crippen molar-refractivity contribution in [2.75, 3.05) is 0 Å². The van der Waals surface area contributed by atoms with Crippen LogP contribution in [0.5, 0.6) is 0 Å². The first-order valence-electron chi connectivity index (χ1n) is 10.3. The lowest BCUT2D eigenvalue weighted by Crippen LogP contribution is -2.28. The fourth-order valence-electron chi connectivity index (χ4n) is 4.47. The average Bonchev–Trinajstić information content (AvgIpc) is 3.33. The third kappa shape index (κ3) is 2.89. The lowest BCUT2D eigenvalue weighted by Gasteiger charge is -2.36. The molecule has 0 spiro atoms. The molecule has 3 aromatic heterocycles. The predicted octanol–water partition coefficient (Wildman–Crippen LogP) is 5.46. The zero-order valence-electron chi connectivity index (χ0n) is 17.3. The van der Waals surface area contributed by atoms with Gasteiger partial charge < -0.3 is 0 Å². The van der Waals surface area contributed by atoms with E-state index in [1.165, 1.54) is 22.9 Å². The Hall–Kier alpha value is -2.87. The van der Waals surface area contributed by atoms with Crippen LogP contribution in [0.4, 0.5) is 5.69 Å². The van der Waals surface area contributed by atoms with Crippen molar-refractivity contribution in [3.8, 4) is 11.4 Å². The van der Waals surface area contributed by atoms with Gasteiger partial charge in [-0.3, -0.25) is 10.1 Å². The zero-order chi connectivity index (χ0) is 21.0. The quantitative estimate of drug-likeness (QED) is 0.323. The number of nitro benzene ring substituents is 1. The van der Waals surface area contributed by atoms with Crippen molar-refractivity contribution in [1.82, 2.24) is 19.6 Å². The minimum atomic E-state index is -0.392. The van der Waals surface area contributed by atoms with Crippen LogP contribution in [0.3, 0.4) is 0 Å². The second-order valence-electron chi connectivity index (χ2n) is 8.69. The molecule has 0 amide bonds. The molecule has 8 heteroatoms. The molecule has 1 atom stereocenters. The standard InChI is InChI=1S/C22H23N5O2S/c1-4-22(2,3)13-9-10-15-17(11-13)30-21-18(15)20-24-19(25-26(20)12-23-21)14-7-5-6-8-16(14)27(28)29/h5-8,12-13H,4,9-11H2,1-3H3. The van der Waals surface area contributed by atoms with Crippen LogP contribution in [0, 0.1) is 21.4 Å². The number of aromatic nitrogens is 4. The maximum atomic E-state index is 11.4. The van der Waals surface area contributed by atoms with Crippen LogP contribution in [-0.4, -0.2) is 24.5 Å². The summed E-state index contributed by atoms with van der Waals surface area (Å²) in [6.07, 6.45) is 6.08. The number of nitrogens with zero attached hydrogens (tertiary/aromatic N) is 5. The van der Waals surface area contributed by atoms with E-state index in [-0.39, 0.29) is 5.69 Å². The summed E-state index contributed by atoms with van der Waals surface area (Å²) < 4.78 is 1.66. The van der Waals surface area contributed by atoms with Crippen LogP contribution in [0.1, 0.15) is 44.1 Å². The van der Waals surface area contributed by atoms with Crippen molar-refractivity contribution < 1.29 is 4.92 Å². The van der Waals surface area contributed by atoms with Gasteiger partial charge in [0, 0.05) is 10.9 Å². The molecule has 0 aliphatic heterocycles. The molecule has 5 rings (SSSR count). The molecular formula is C22H23N5O2S. The Balaban J connectivity index is 1.65. The number of fused-ring (bicyclic) bond motifs is 5. The van der Waals surface area contributed by atoms with Gasteiger partial charge in [-0.05, 0) is 42.2 Å². The van der Waals surface area contributed by atoms with Crippen LogP contribution >= 0.6 is 11.3 Å². The highest BCUT2D eigenvalue weighted by Crippen LogP contribution is 2.45. The monoisotopic (exact) mass is 421 g/mol. The summed E-state index contributed by atoms with van der Waals surface area (Å²) in [4.78, 5) is 22.8. The van der Waals surface area contributed by atoms with Crippen LogP contribution in [0.25, 0.3) is 27.3 Å². The summed E-state index contributed by atoms with van der Waals surface area (Å²) in [7, 11) is 0. The summed E-state index contributed by atoms with van der Waals surface area (Å²) in [5.74, 6) is 1.02.